The number of nitrogens with one attached hydrogen (secondary N) is 1. The van der Waals surface area contributed by atoms with Crippen LogP contribution in [0.25, 0.3) is 0 Å². The van der Waals surface area contributed by atoms with Crippen molar-refractivity contribution in [2.75, 3.05) is 25.2 Å². The van der Waals surface area contributed by atoms with E-state index >= 15 is 0 Å². The van der Waals surface area contributed by atoms with Crippen LogP contribution in [0.3, 0.4) is 0 Å². The normalized spacial score (nSPS) is 24.4. The Morgan fingerprint density at radius 3 is 2.63 bits per heavy atom. The third-order valence-corrected chi connectivity index (χ3v) is 5.45. The van der Waals surface area contributed by atoms with E-state index in [4.69, 9.17) is 4.74 Å². The summed E-state index contributed by atoms with van der Waals surface area (Å²) in [6.07, 6.45) is 4.14. The minimum absolute atomic E-state index is 0.552. The van der Waals surface area contributed by atoms with E-state index in [9.17, 15) is 0 Å². The van der Waals surface area contributed by atoms with Crippen molar-refractivity contribution in [3.05, 3.63) is 29.8 Å². The molecular weight excluding hydrogens is 254 g/mol. The predicted octanol–water partition coefficient (Wildman–Crippen LogP) is 3.49. The van der Waals surface area contributed by atoms with Gasteiger partial charge in [-0.15, -0.1) is 0 Å². The maximum absolute atomic E-state index is 5.24. The van der Waals surface area contributed by atoms with Crippen LogP contribution in [0.1, 0.15) is 30.9 Å². The molecule has 19 heavy (non-hydrogen) atoms. The minimum Gasteiger partial charge on any atom is -0.497 e. The summed E-state index contributed by atoms with van der Waals surface area (Å²) in [6.45, 7) is 1.18. The molecule has 0 spiro atoms. The van der Waals surface area contributed by atoms with Crippen molar-refractivity contribution in [3.8, 4) is 5.75 Å². The smallest absolute Gasteiger partial charge is 0.118 e. The summed E-state index contributed by atoms with van der Waals surface area (Å²) in [7, 11) is 1.73. The van der Waals surface area contributed by atoms with Gasteiger partial charge < -0.3 is 10.1 Å². The van der Waals surface area contributed by atoms with Gasteiger partial charge in [0.2, 0.25) is 0 Å². The van der Waals surface area contributed by atoms with E-state index in [1.807, 2.05) is 0 Å². The first kappa shape index (κ1) is 13.3. The lowest BCUT2D eigenvalue weighted by atomic mass is 10.0. The van der Waals surface area contributed by atoms with Crippen LogP contribution in [0, 0.1) is 11.8 Å². The summed E-state index contributed by atoms with van der Waals surface area (Å²) in [5, 5.41) is 3.82. The lowest BCUT2D eigenvalue weighted by molar-refractivity contribution is 0.411. The van der Waals surface area contributed by atoms with E-state index in [1.54, 1.807) is 7.11 Å². The average molecular weight is 277 g/mol. The second-order valence-corrected chi connectivity index (χ2v) is 6.88. The number of rotatable bonds is 6. The van der Waals surface area contributed by atoms with Gasteiger partial charge in [-0.2, -0.15) is 11.8 Å². The zero-order valence-corrected chi connectivity index (χ0v) is 12.4. The van der Waals surface area contributed by atoms with E-state index in [-0.39, 0.29) is 0 Å². The van der Waals surface area contributed by atoms with Crippen LogP contribution in [0.15, 0.2) is 24.3 Å². The summed E-state index contributed by atoms with van der Waals surface area (Å²) in [4.78, 5) is 0. The van der Waals surface area contributed by atoms with E-state index in [0.717, 1.165) is 17.6 Å². The topological polar surface area (TPSA) is 21.3 Å². The van der Waals surface area contributed by atoms with Gasteiger partial charge in [-0.05, 0) is 66.8 Å². The highest BCUT2D eigenvalue weighted by molar-refractivity contribution is 7.99. The number of hydrogen-bond donors (Lipinski definition) is 1. The van der Waals surface area contributed by atoms with E-state index < -0.39 is 0 Å². The number of methoxy groups -OCH3 is 1. The van der Waals surface area contributed by atoms with Crippen LogP contribution < -0.4 is 10.1 Å². The van der Waals surface area contributed by atoms with E-state index in [2.05, 4.69) is 41.3 Å². The Morgan fingerprint density at radius 2 is 2.05 bits per heavy atom. The van der Waals surface area contributed by atoms with Gasteiger partial charge in [0.1, 0.15) is 5.75 Å². The fraction of sp³-hybridized carbons (Fsp3) is 0.625. The Morgan fingerprint density at radius 1 is 1.26 bits per heavy atom. The average Bonchev–Trinajstić information content (AvgIpc) is 3.15. The van der Waals surface area contributed by atoms with Crippen molar-refractivity contribution in [1.82, 2.24) is 5.32 Å². The van der Waals surface area contributed by atoms with Gasteiger partial charge in [0, 0.05) is 6.04 Å². The van der Waals surface area contributed by atoms with Crippen LogP contribution >= 0.6 is 11.8 Å². The Labute approximate surface area is 120 Å². The monoisotopic (exact) mass is 277 g/mol. The summed E-state index contributed by atoms with van der Waals surface area (Å²) in [5.74, 6) is 5.37. The second kappa shape index (κ2) is 6.19. The molecule has 1 aromatic rings. The first-order chi connectivity index (χ1) is 9.36. The molecular formula is C16H23NOS. The van der Waals surface area contributed by atoms with Crippen LogP contribution in [0.2, 0.25) is 0 Å². The van der Waals surface area contributed by atoms with Gasteiger partial charge in [-0.3, -0.25) is 0 Å². The van der Waals surface area contributed by atoms with Crippen LogP contribution in [-0.4, -0.2) is 25.2 Å². The molecule has 2 fully saturated rings. The quantitative estimate of drug-likeness (QED) is 0.860. The Bertz CT molecular complexity index is 396. The van der Waals surface area contributed by atoms with Gasteiger partial charge in [0.25, 0.3) is 0 Å². The standard InChI is InChI=1S/C16H23NOS/c1-18-15-6-4-14(5-7-15)16(13-2-3-13)17-10-12-8-9-19-11-12/h4-7,12-13,16-17H,2-3,8-11H2,1H3. The molecule has 1 aliphatic carbocycles. The molecule has 1 heterocycles. The van der Waals surface area contributed by atoms with Crippen molar-refractivity contribution in [2.24, 2.45) is 11.8 Å². The van der Waals surface area contributed by atoms with E-state index in [1.165, 1.54) is 42.9 Å². The van der Waals surface area contributed by atoms with Gasteiger partial charge >= 0.3 is 0 Å². The zero-order chi connectivity index (χ0) is 13.1. The van der Waals surface area contributed by atoms with Crippen molar-refractivity contribution in [2.45, 2.75) is 25.3 Å². The molecule has 1 saturated heterocycles. The SMILES string of the molecule is COc1ccc(C(NCC2CCSC2)C2CC2)cc1. The summed E-state index contributed by atoms with van der Waals surface area (Å²) >= 11 is 2.10. The van der Waals surface area contributed by atoms with Crippen molar-refractivity contribution in [3.63, 3.8) is 0 Å². The van der Waals surface area contributed by atoms with Gasteiger partial charge in [0.05, 0.1) is 7.11 Å². The summed E-state index contributed by atoms with van der Waals surface area (Å²) < 4.78 is 5.24. The van der Waals surface area contributed by atoms with Crippen LogP contribution in [-0.2, 0) is 0 Å². The summed E-state index contributed by atoms with van der Waals surface area (Å²) in [5.41, 5.74) is 1.42. The third-order valence-electron chi connectivity index (χ3n) is 4.22. The largest absolute Gasteiger partial charge is 0.497 e. The highest BCUT2D eigenvalue weighted by atomic mass is 32.2. The molecule has 1 aromatic carbocycles. The molecule has 2 aliphatic rings. The van der Waals surface area contributed by atoms with Gasteiger partial charge in [-0.1, -0.05) is 12.1 Å². The molecule has 3 rings (SSSR count). The number of ether oxygens (including phenoxy) is 1. The molecule has 0 aromatic heterocycles. The fourth-order valence-electron chi connectivity index (χ4n) is 2.84. The molecule has 1 aliphatic heterocycles. The van der Waals surface area contributed by atoms with Crippen LogP contribution in [0.5, 0.6) is 5.75 Å². The van der Waals surface area contributed by atoms with E-state index in [0.29, 0.717) is 6.04 Å². The molecule has 1 N–H and O–H groups in total. The molecule has 0 bridgehead atoms. The Balaban J connectivity index is 1.62. The molecule has 104 valence electrons. The first-order valence-electron chi connectivity index (χ1n) is 7.32. The minimum atomic E-state index is 0.552. The molecule has 1 saturated carbocycles. The lowest BCUT2D eigenvalue weighted by Gasteiger charge is -2.21. The summed E-state index contributed by atoms with van der Waals surface area (Å²) in [6, 6.07) is 9.16. The lowest BCUT2D eigenvalue weighted by Crippen LogP contribution is -2.28. The molecule has 2 nitrogen and oxygen atoms in total. The molecule has 0 radical (unpaired) electrons. The van der Waals surface area contributed by atoms with Gasteiger partial charge in [0.15, 0.2) is 0 Å². The highest BCUT2D eigenvalue weighted by Crippen LogP contribution is 2.41. The Kier molecular flexibility index (Phi) is 4.34. The van der Waals surface area contributed by atoms with Crippen molar-refractivity contribution >= 4 is 11.8 Å². The second-order valence-electron chi connectivity index (χ2n) is 5.73. The molecule has 0 amide bonds. The Hall–Kier alpha value is -0.670. The third kappa shape index (κ3) is 3.46. The maximum Gasteiger partial charge on any atom is 0.118 e. The van der Waals surface area contributed by atoms with Crippen LogP contribution in [0.4, 0.5) is 0 Å². The molecule has 2 unspecified atom stereocenters. The first-order valence-corrected chi connectivity index (χ1v) is 8.47. The van der Waals surface area contributed by atoms with Crippen molar-refractivity contribution in [1.29, 1.82) is 0 Å². The zero-order valence-electron chi connectivity index (χ0n) is 11.6. The van der Waals surface area contributed by atoms with Gasteiger partial charge in [-0.25, -0.2) is 0 Å². The molecule has 2 atom stereocenters. The molecule has 3 heteroatoms. The number of benzene rings is 1. The highest BCUT2D eigenvalue weighted by Gasteiger charge is 2.32. The van der Waals surface area contributed by atoms with Crippen molar-refractivity contribution < 1.29 is 4.74 Å². The maximum atomic E-state index is 5.24. The fourth-order valence-corrected chi connectivity index (χ4v) is 4.12. The number of thioether (sulfide) groups is 1. The number of hydrogen-bond acceptors (Lipinski definition) is 3. The predicted molar refractivity (Wildman–Crippen MR) is 81.9 cm³/mol.